The van der Waals surface area contributed by atoms with Crippen LogP contribution in [0.1, 0.15) is 29.7 Å². The van der Waals surface area contributed by atoms with E-state index in [-0.39, 0.29) is 0 Å². The summed E-state index contributed by atoms with van der Waals surface area (Å²) < 4.78 is 5.69. The first kappa shape index (κ1) is 12.6. The molecule has 1 unspecified atom stereocenters. The summed E-state index contributed by atoms with van der Waals surface area (Å²) in [7, 11) is 0. The Morgan fingerprint density at radius 2 is 2.11 bits per heavy atom. The Bertz CT molecular complexity index is 523. The average Bonchev–Trinajstić information content (AvgIpc) is 2.37. The Labute approximate surface area is 107 Å². The van der Waals surface area contributed by atoms with Crippen LogP contribution in [0.5, 0.6) is 5.75 Å². The fraction of sp³-hybridized carbons (Fsp3) is 0.267. The van der Waals surface area contributed by atoms with Crippen molar-refractivity contribution in [1.29, 1.82) is 0 Å². The summed E-state index contributed by atoms with van der Waals surface area (Å²) in [5.74, 6) is 0.759. The summed E-state index contributed by atoms with van der Waals surface area (Å²) in [6.45, 7) is 4.23. The quantitative estimate of drug-likeness (QED) is 0.897. The molecular formula is C15H17NO2. The van der Waals surface area contributed by atoms with Crippen molar-refractivity contribution in [2.24, 2.45) is 0 Å². The number of rotatable bonds is 4. The SMILES string of the molecule is Cc1cncc(COc2cccc(C(C)O)c2)c1. The number of hydrogen-bond donors (Lipinski definition) is 1. The van der Waals surface area contributed by atoms with Gasteiger partial charge in [0.05, 0.1) is 6.10 Å². The zero-order chi connectivity index (χ0) is 13.0. The monoisotopic (exact) mass is 243 g/mol. The molecule has 1 heterocycles. The van der Waals surface area contributed by atoms with Gasteiger partial charge in [-0.2, -0.15) is 0 Å². The molecule has 1 aromatic heterocycles. The van der Waals surface area contributed by atoms with Gasteiger partial charge in [-0.25, -0.2) is 0 Å². The Kier molecular flexibility index (Phi) is 3.95. The third kappa shape index (κ3) is 3.31. The van der Waals surface area contributed by atoms with E-state index in [1.165, 1.54) is 0 Å². The van der Waals surface area contributed by atoms with E-state index < -0.39 is 6.10 Å². The Morgan fingerprint density at radius 1 is 1.28 bits per heavy atom. The van der Waals surface area contributed by atoms with Crippen molar-refractivity contribution >= 4 is 0 Å². The molecule has 3 nitrogen and oxygen atoms in total. The molecule has 1 atom stereocenters. The number of aliphatic hydroxyl groups is 1. The molecule has 0 aliphatic heterocycles. The second kappa shape index (κ2) is 5.65. The second-order valence-corrected chi connectivity index (χ2v) is 4.41. The van der Waals surface area contributed by atoms with Crippen molar-refractivity contribution in [2.75, 3.05) is 0 Å². The summed E-state index contributed by atoms with van der Waals surface area (Å²) in [5, 5.41) is 9.50. The van der Waals surface area contributed by atoms with Crippen LogP contribution in [-0.2, 0) is 6.61 Å². The van der Waals surface area contributed by atoms with E-state index in [4.69, 9.17) is 4.74 Å². The minimum absolute atomic E-state index is 0.478. The summed E-state index contributed by atoms with van der Waals surface area (Å²) in [5.41, 5.74) is 3.01. The number of aryl methyl sites for hydroxylation is 1. The van der Waals surface area contributed by atoms with Crippen LogP contribution in [0.15, 0.2) is 42.7 Å². The van der Waals surface area contributed by atoms with Crippen molar-refractivity contribution in [3.8, 4) is 5.75 Å². The predicted octanol–water partition coefficient (Wildman–Crippen LogP) is 3.02. The zero-order valence-corrected chi connectivity index (χ0v) is 10.6. The number of nitrogens with zero attached hydrogens (tertiary/aromatic N) is 1. The minimum Gasteiger partial charge on any atom is -0.489 e. The van der Waals surface area contributed by atoms with Crippen LogP contribution < -0.4 is 4.74 Å². The van der Waals surface area contributed by atoms with Gasteiger partial charge in [0, 0.05) is 18.0 Å². The zero-order valence-electron chi connectivity index (χ0n) is 10.6. The topological polar surface area (TPSA) is 42.4 Å². The maximum atomic E-state index is 9.50. The molecule has 0 amide bonds. The maximum Gasteiger partial charge on any atom is 0.120 e. The predicted molar refractivity (Wildman–Crippen MR) is 70.4 cm³/mol. The minimum atomic E-state index is -0.478. The number of ether oxygens (including phenoxy) is 1. The van der Waals surface area contributed by atoms with Gasteiger partial charge < -0.3 is 9.84 Å². The highest BCUT2D eigenvalue weighted by atomic mass is 16.5. The number of pyridine rings is 1. The summed E-state index contributed by atoms with van der Waals surface area (Å²) in [6.07, 6.45) is 3.14. The molecule has 0 radical (unpaired) electrons. The van der Waals surface area contributed by atoms with Crippen LogP contribution in [0.3, 0.4) is 0 Å². The molecular weight excluding hydrogens is 226 g/mol. The van der Waals surface area contributed by atoms with Gasteiger partial charge in [-0.3, -0.25) is 4.98 Å². The normalized spacial score (nSPS) is 12.2. The van der Waals surface area contributed by atoms with Crippen molar-refractivity contribution < 1.29 is 9.84 Å². The third-order valence-corrected chi connectivity index (χ3v) is 2.68. The van der Waals surface area contributed by atoms with Crippen LogP contribution >= 0.6 is 0 Å². The van der Waals surface area contributed by atoms with Gasteiger partial charge >= 0.3 is 0 Å². The van der Waals surface area contributed by atoms with Crippen LogP contribution in [0.2, 0.25) is 0 Å². The summed E-state index contributed by atoms with van der Waals surface area (Å²) in [6, 6.07) is 9.55. The first-order chi connectivity index (χ1) is 8.65. The van der Waals surface area contributed by atoms with E-state index in [1.54, 1.807) is 13.1 Å². The van der Waals surface area contributed by atoms with E-state index in [1.807, 2.05) is 43.5 Å². The molecule has 2 rings (SSSR count). The highest BCUT2D eigenvalue weighted by Gasteiger charge is 2.02. The van der Waals surface area contributed by atoms with Crippen molar-refractivity contribution in [1.82, 2.24) is 4.98 Å². The summed E-state index contributed by atoms with van der Waals surface area (Å²) >= 11 is 0. The van der Waals surface area contributed by atoms with Gasteiger partial charge in [-0.15, -0.1) is 0 Å². The lowest BCUT2D eigenvalue weighted by Crippen LogP contribution is -1.98. The standard InChI is InChI=1S/C15H17NO2/c1-11-6-13(9-16-8-11)10-18-15-5-3-4-14(7-15)12(2)17/h3-9,12,17H,10H2,1-2H3. The molecule has 0 aliphatic rings. The number of aromatic nitrogens is 1. The van der Waals surface area contributed by atoms with Crippen LogP contribution in [0.25, 0.3) is 0 Å². The van der Waals surface area contributed by atoms with Gasteiger partial charge in [0.1, 0.15) is 12.4 Å². The van der Waals surface area contributed by atoms with Crippen LogP contribution in [-0.4, -0.2) is 10.1 Å². The van der Waals surface area contributed by atoms with Gasteiger partial charge in [-0.05, 0) is 43.2 Å². The lowest BCUT2D eigenvalue weighted by Gasteiger charge is -2.09. The average molecular weight is 243 g/mol. The molecule has 0 aliphatic carbocycles. The Morgan fingerprint density at radius 3 is 2.83 bits per heavy atom. The first-order valence-corrected chi connectivity index (χ1v) is 5.96. The molecule has 18 heavy (non-hydrogen) atoms. The van der Waals surface area contributed by atoms with Gasteiger partial charge in [0.25, 0.3) is 0 Å². The van der Waals surface area contributed by atoms with Crippen LogP contribution in [0.4, 0.5) is 0 Å². The van der Waals surface area contributed by atoms with E-state index in [2.05, 4.69) is 4.98 Å². The van der Waals surface area contributed by atoms with Crippen molar-refractivity contribution in [3.63, 3.8) is 0 Å². The molecule has 0 saturated carbocycles. The van der Waals surface area contributed by atoms with E-state index in [0.29, 0.717) is 6.61 Å². The van der Waals surface area contributed by atoms with Gasteiger partial charge in [0.15, 0.2) is 0 Å². The molecule has 3 heteroatoms. The van der Waals surface area contributed by atoms with Crippen LogP contribution in [0, 0.1) is 6.92 Å². The van der Waals surface area contributed by atoms with E-state index >= 15 is 0 Å². The molecule has 0 saturated heterocycles. The van der Waals surface area contributed by atoms with Gasteiger partial charge in [-0.1, -0.05) is 12.1 Å². The fourth-order valence-electron chi connectivity index (χ4n) is 1.73. The van der Waals surface area contributed by atoms with E-state index in [9.17, 15) is 5.11 Å². The second-order valence-electron chi connectivity index (χ2n) is 4.41. The highest BCUT2D eigenvalue weighted by molar-refractivity contribution is 5.30. The molecule has 2 aromatic rings. The molecule has 0 bridgehead atoms. The lowest BCUT2D eigenvalue weighted by atomic mass is 10.1. The first-order valence-electron chi connectivity index (χ1n) is 5.96. The lowest BCUT2D eigenvalue weighted by molar-refractivity contribution is 0.198. The fourth-order valence-corrected chi connectivity index (χ4v) is 1.73. The summed E-state index contributed by atoms with van der Waals surface area (Å²) in [4.78, 5) is 4.12. The molecule has 1 aromatic carbocycles. The van der Waals surface area contributed by atoms with Crippen molar-refractivity contribution in [3.05, 3.63) is 59.4 Å². The van der Waals surface area contributed by atoms with Gasteiger partial charge in [0.2, 0.25) is 0 Å². The molecule has 94 valence electrons. The Balaban J connectivity index is 2.04. The smallest absolute Gasteiger partial charge is 0.120 e. The third-order valence-electron chi connectivity index (χ3n) is 2.68. The number of aliphatic hydroxyl groups excluding tert-OH is 1. The van der Waals surface area contributed by atoms with E-state index in [0.717, 1.165) is 22.4 Å². The maximum absolute atomic E-state index is 9.50. The Hall–Kier alpha value is -1.87. The highest BCUT2D eigenvalue weighted by Crippen LogP contribution is 2.19. The molecule has 1 N–H and O–H groups in total. The number of hydrogen-bond acceptors (Lipinski definition) is 3. The largest absolute Gasteiger partial charge is 0.489 e. The van der Waals surface area contributed by atoms with Crippen molar-refractivity contribution in [2.45, 2.75) is 26.6 Å². The molecule has 0 fully saturated rings. The number of benzene rings is 1. The molecule has 0 spiro atoms.